The van der Waals surface area contributed by atoms with Crippen molar-refractivity contribution in [1.82, 2.24) is 0 Å². The van der Waals surface area contributed by atoms with Crippen LogP contribution in [-0.2, 0) is 0 Å². The Morgan fingerprint density at radius 1 is 1.33 bits per heavy atom. The summed E-state index contributed by atoms with van der Waals surface area (Å²) in [4.78, 5) is 0. The van der Waals surface area contributed by atoms with Crippen LogP contribution in [0.15, 0.2) is 0 Å². The van der Waals surface area contributed by atoms with Gasteiger partial charge in [-0.05, 0) is 25.8 Å². The Labute approximate surface area is 71.3 Å². The van der Waals surface area contributed by atoms with Crippen LogP contribution in [0.2, 0.25) is 0 Å². The van der Waals surface area contributed by atoms with E-state index in [-0.39, 0.29) is 5.92 Å². The summed E-state index contributed by atoms with van der Waals surface area (Å²) >= 11 is 0. The number of hydrogen-bond acceptors (Lipinski definition) is 1. The lowest BCUT2D eigenvalue weighted by Crippen LogP contribution is -2.18. The molecule has 3 heteroatoms. The number of hydrogen-bond donors (Lipinski definition) is 1. The molecule has 2 atom stereocenters. The van der Waals surface area contributed by atoms with Crippen LogP contribution >= 0.6 is 0 Å². The maximum atomic E-state index is 13.3. The maximum absolute atomic E-state index is 13.3. The third kappa shape index (κ3) is 0.804. The smallest absolute Gasteiger partial charge is 0.257 e. The average Bonchev–Trinajstić information content (AvgIpc) is 2.51. The minimum Gasteiger partial charge on any atom is -0.330 e. The van der Waals surface area contributed by atoms with Gasteiger partial charge in [-0.2, -0.15) is 0 Å². The van der Waals surface area contributed by atoms with Gasteiger partial charge in [-0.25, -0.2) is 8.78 Å². The van der Waals surface area contributed by atoms with Gasteiger partial charge < -0.3 is 5.73 Å². The van der Waals surface area contributed by atoms with Gasteiger partial charge in [0.2, 0.25) is 0 Å². The van der Waals surface area contributed by atoms with E-state index in [0.29, 0.717) is 25.8 Å². The molecule has 2 aliphatic carbocycles. The molecular weight excluding hydrogens is 160 g/mol. The molecule has 0 saturated heterocycles. The highest BCUT2D eigenvalue weighted by Gasteiger charge is 2.78. The molecule has 2 rings (SSSR count). The summed E-state index contributed by atoms with van der Waals surface area (Å²) in [5.74, 6) is -2.72. The first-order chi connectivity index (χ1) is 5.65. The molecule has 0 heterocycles. The molecule has 0 unspecified atom stereocenters. The van der Waals surface area contributed by atoms with Crippen molar-refractivity contribution < 1.29 is 8.78 Å². The molecule has 70 valence electrons. The van der Waals surface area contributed by atoms with Crippen LogP contribution in [0.25, 0.3) is 0 Å². The van der Waals surface area contributed by atoms with Crippen molar-refractivity contribution in [2.45, 2.75) is 38.0 Å². The summed E-state index contributed by atoms with van der Waals surface area (Å²) in [5, 5.41) is 0. The van der Waals surface area contributed by atoms with Crippen molar-refractivity contribution in [2.75, 3.05) is 6.54 Å². The van der Waals surface area contributed by atoms with E-state index in [4.69, 9.17) is 5.73 Å². The van der Waals surface area contributed by atoms with Crippen molar-refractivity contribution in [3.8, 4) is 0 Å². The maximum Gasteiger partial charge on any atom is 0.257 e. The Bertz CT molecular complexity index is 189. The van der Waals surface area contributed by atoms with Gasteiger partial charge in [-0.15, -0.1) is 0 Å². The number of alkyl halides is 2. The largest absolute Gasteiger partial charge is 0.330 e. The molecule has 2 N–H and O–H groups in total. The lowest BCUT2D eigenvalue weighted by molar-refractivity contribution is 0.0542. The van der Waals surface area contributed by atoms with E-state index in [1.807, 2.05) is 0 Å². The van der Waals surface area contributed by atoms with Crippen LogP contribution in [0.1, 0.15) is 32.1 Å². The number of rotatable bonds is 2. The van der Waals surface area contributed by atoms with Crippen LogP contribution in [0.3, 0.4) is 0 Å². The van der Waals surface area contributed by atoms with E-state index in [0.717, 1.165) is 12.8 Å². The first-order valence-electron chi connectivity index (χ1n) is 4.73. The second-order valence-electron chi connectivity index (χ2n) is 4.12. The summed E-state index contributed by atoms with van der Waals surface area (Å²) in [6.45, 7) is 0.409. The standard InChI is InChI=1S/C9H15F2N/c10-9(11)7-3-1-2-4-8(7,9)5-6-12/h7H,1-6,12H2/t7-,8-/m1/s1. The molecule has 2 saturated carbocycles. The third-order valence-corrected chi connectivity index (χ3v) is 3.64. The van der Waals surface area contributed by atoms with Gasteiger partial charge in [0, 0.05) is 11.3 Å². The second-order valence-corrected chi connectivity index (χ2v) is 4.12. The molecule has 12 heavy (non-hydrogen) atoms. The van der Waals surface area contributed by atoms with E-state index in [1.54, 1.807) is 0 Å². The SMILES string of the molecule is NCC[C@]12CCCC[C@H]1C2(F)F. The van der Waals surface area contributed by atoms with Crippen LogP contribution in [0.4, 0.5) is 8.78 Å². The Kier molecular flexibility index (Phi) is 1.69. The Morgan fingerprint density at radius 3 is 2.67 bits per heavy atom. The highest BCUT2D eigenvalue weighted by molar-refractivity contribution is 5.18. The molecule has 0 spiro atoms. The molecule has 2 fully saturated rings. The number of halogens is 2. The molecule has 0 radical (unpaired) electrons. The van der Waals surface area contributed by atoms with Crippen molar-refractivity contribution in [3.63, 3.8) is 0 Å². The van der Waals surface area contributed by atoms with Gasteiger partial charge in [0.1, 0.15) is 0 Å². The zero-order chi connectivity index (χ0) is 8.82. The minimum atomic E-state index is -2.39. The number of nitrogens with two attached hydrogens (primary N) is 1. The molecule has 2 aliphatic rings. The molecule has 0 amide bonds. The number of fused-ring (bicyclic) bond motifs is 1. The predicted molar refractivity (Wildman–Crippen MR) is 43.0 cm³/mol. The summed E-state index contributed by atoms with van der Waals surface area (Å²) in [7, 11) is 0. The van der Waals surface area contributed by atoms with E-state index >= 15 is 0 Å². The Balaban J connectivity index is 2.13. The van der Waals surface area contributed by atoms with E-state index in [9.17, 15) is 8.78 Å². The van der Waals surface area contributed by atoms with Crippen molar-refractivity contribution >= 4 is 0 Å². The molecule has 0 aromatic heterocycles. The van der Waals surface area contributed by atoms with Crippen LogP contribution in [0.5, 0.6) is 0 Å². The fourth-order valence-electron chi connectivity index (χ4n) is 2.90. The zero-order valence-electron chi connectivity index (χ0n) is 7.15. The van der Waals surface area contributed by atoms with Gasteiger partial charge in [-0.1, -0.05) is 12.8 Å². The summed E-state index contributed by atoms with van der Waals surface area (Å²) in [6.07, 6.45) is 3.87. The quantitative estimate of drug-likeness (QED) is 0.683. The van der Waals surface area contributed by atoms with Crippen molar-refractivity contribution in [1.29, 1.82) is 0 Å². The minimum absolute atomic E-state index is 0.331. The molecule has 0 aromatic carbocycles. The highest BCUT2D eigenvalue weighted by Crippen LogP contribution is 2.73. The lowest BCUT2D eigenvalue weighted by Gasteiger charge is -2.18. The van der Waals surface area contributed by atoms with E-state index in [2.05, 4.69) is 0 Å². The summed E-state index contributed by atoms with van der Waals surface area (Å²) in [5.41, 5.74) is 4.69. The lowest BCUT2D eigenvalue weighted by atomic mass is 9.86. The van der Waals surface area contributed by atoms with E-state index < -0.39 is 11.3 Å². The van der Waals surface area contributed by atoms with Gasteiger partial charge in [-0.3, -0.25) is 0 Å². The van der Waals surface area contributed by atoms with Crippen LogP contribution in [-0.4, -0.2) is 12.5 Å². The van der Waals surface area contributed by atoms with Gasteiger partial charge in [0.15, 0.2) is 0 Å². The molecule has 0 aromatic rings. The monoisotopic (exact) mass is 175 g/mol. The molecular formula is C9H15F2N. The fraction of sp³-hybridized carbons (Fsp3) is 1.00. The molecule has 0 aliphatic heterocycles. The first-order valence-corrected chi connectivity index (χ1v) is 4.73. The average molecular weight is 175 g/mol. The normalized spacial score (nSPS) is 43.8. The van der Waals surface area contributed by atoms with Gasteiger partial charge in [0.05, 0.1) is 0 Å². The highest BCUT2D eigenvalue weighted by atomic mass is 19.3. The van der Waals surface area contributed by atoms with Gasteiger partial charge >= 0.3 is 0 Å². The molecule has 1 nitrogen and oxygen atoms in total. The van der Waals surface area contributed by atoms with E-state index in [1.165, 1.54) is 0 Å². The molecule has 0 bridgehead atoms. The van der Waals surface area contributed by atoms with Crippen molar-refractivity contribution in [3.05, 3.63) is 0 Å². The fourth-order valence-corrected chi connectivity index (χ4v) is 2.90. The zero-order valence-corrected chi connectivity index (χ0v) is 7.15. The summed E-state index contributed by atoms with van der Waals surface area (Å²) in [6, 6.07) is 0. The second kappa shape index (κ2) is 2.41. The first kappa shape index (κ1) is 8.42. The Morgan fingerprint density at radius 2 is 2.08 bits per heavy atom. The predicted octanol–water partition coefficient (Wildman–Crippen LogP) is 2.16. The Hall–Kier alpha value is -0.180. The summed E-state index contributed by atoms with van der Waals surface area (Å²) < 4.78 is 26.6. The van der Waals surface area contributed by atoms with Crippen molar-refractivity contribution in [2.24, 2.45) is 17.1 Å². The third-order valence-electron chi connectivity index (χ3n) is 3.64. The topological polar surface area (TPSA) is 26.0 Å². The van der Waals surface area contributed by atoms with Crippen LogP contribution < -0.4 is 5.73 Å². The van der Waals surface area contributed by atoms with Crippen LogP contribution in [0, 0.1) is 11.3 Å². The van der Waals surface area contributed by atoms with Gasteiger partial charge in [0.25, 0.3) is 5.92 Å².